The van der Waals surface area contributed by atoms with Gasteiger partial charge >= 0.3 is 5.97 Å². The highest BCUT2D eigenvalue weighted by atomic mass is 35.5. The Kier molecular flexibility index (Phi) is 5.09. The second-order valence-corrected chi connectivity index (χ2v) is 4.38. The number of rotatable bonds is 5. The van der Waals surface area contributed by atoms with E-state index in [1.807, 2.05) is 6.92 Å². The molecule has 0 aromatic carbocycles. The first-order valence-corrected chi connectivity index (χ1v) is 5.97. The Morgan fingerprint density at radius 2 is 2.17 bits per heavy atom. The van der Waals surface area contributed by atoms with E-state index < -0.39 is 5.97 Å². The molecular weight excluding hydrogens is 256 g/mol. The van der Waals surface area contributed by atoms with Gasteiger partial charge in [-0.15, -0.1) is 0 Å². The lowest BCUT2D eigenvalue weighted by Gasteiger charge is -2.15. The normalized spacial score (nSPS) is 11.9. The first-order chi connectivity index (χ1) is 8.42. The number of aliphatic carboxylic acids is 1. The highest BCUT2D eigenvalue weighted by Crippen LogP contribution is 2.11. The topological polar surface area (TPSA) is 79.3 Å². The van der Waals surface area contributed by atoms with Gasteiger partial charge in [0.1, 0.15) is 5.15 Å². The van der Waals surface area contributed by atoms with Crippen molar-refractivity contribution >= 4 is 23.5 Å². The molecule has 5 nitrogen and oxygen atoms in total. The number of hydrogen-bond acceptors (Lipinski definition) is 3. The predicted octanol–water partition coefficient (Wildman–Crippen LogP) is 2.03. The summed E-state index contributed by atoms with van der Waals surface area (Å²) in [6.45, 7) is 3.55. The van der Waals surface area contributed by atoms with Gasteiger partial charge in [0.25, 0.3) is 5.91 Å². The molecule has 0 spiro atoms. The van der Waals surface area contributed by atoms with E-state index in [4.69, 9.17) is 16.7 Å². The molecule has 2 N–H and O–H groups in total. The summed E-state index contributed by atoms with van der Waals surface area (Å²) in [6.07, 6.45) is 0.454. The summed E-state index contributed by atoms with van der Waals surface area (Å²) in [6, 6.07) is 2.67. The lowest BCUT2D eigenvalue weighted by molar-refractivity contribution is -0.137. The van der Waals surface area contributed by atoms with Gasteiger partial charge in [-0.2, -0.15) is 0 Å². The number of pyridine rings is 1. The molecular formula is C12H15ClN2O3. The number of aryl methyl sites for hydroxylation is 1. The molecule has 0 fully saturated rings. The number of hydrogen-bond donors (Lipinski definition) is 2. The van der Waals surface area contributed by atoms with Gasteiger partial charge in [-0.1, -0.05) is 18.5 Å². The third-order valence-corrected chi connectivity index (χ3v) is 2.63. The second-order valence-electron chi connectivity index (χ2n) is 4.00. The van der Waals surface area contributed by atoms with Crippen molar-refractivity contribution in [2.24, 2.45) is 0 Å². The van der Waals surface area contributed by atoms with Crippen molar-refractivity contribution in [3.05, 3.63) is 28.5 Å². The molecule has 6 heteroatoms. The van der Waals surface area contributed by atoms with Crippen LogP contribution in [0.2, 0.25) is 5.15 Å². The van der Waals surface area contributed by atoms with Gasteiger partial charge in [0, 0.05) is 17.3 Å². The van der Waals surface area contributed by atoms with Crippen molar-refractivity contribution in [3.8, 4) is 0 Å². The molecule has 0 aliphatic heterocycles. The maximum Gasteiger partial charge on any atom is 0.305 e. The molecule has 1 aromatic rings. The quantitative estimate of drug-likeness (QED) is 0.803. The van der Waals surface area contributed by atoms with Crippen LogP contribution in [0.4, 0.5) is 0 Å². The zero-order valence-electron chi connectivity index (χ0n) is 10.2. The molecule has 1 unspecified atom stereocenters. The Labute approximate surface area is 110 Å². The molecule has 18 heavy (non-hydrogen) atoms. The van der Waals surface area contributed by atoms with Crippen LogP contribution >= 0.6 is 11.6 Å². The van der Waals surface area contributed by atoms with E-state index in [1.54, 1.807) is 13.0 Å². The van der Waals surface area contributed by atoms with Crippen LogP contribution in [0.25, 0.3) is 0 Å². The van der Waals surface area contributed by atoms with E-state index in [2.05, 4.69) is 10.3 Å². The number of nitrogens with zero attached hydrogens (tertiary/aromatic N) is 1. The fourth-order valence-corrected chi connectivity index (χ4v) is 1.79. The summed E-state index contributed by atoms with van der Waals surface area (Å²) in [5.41, 5.74) is 1.02. The molecule has 1 amide bonds. The number of carbonyl (C=O) groups is 2. The van der Waals surface area contributed by atoms with Crippen molar-refractivity contribution < 1.29 is 14.7 Å². The predicted molar refractivity (Wildman–Crippen MR) is 67.8 cm³/mol. The van der Waals surface area contributed by atoms with Crippen molar-refractivity contribution in [1.82, 2.24) is 10.3 Å². The molecule has 1 heterocycles. The monoisotopic (exact) mass is 270 g/mol. The zero-order valence-corrected chi connectivity index (χ0v) is 11.0. The van der Waals surface area contributed by atoms with Gasteiger partial charge in [-0.05, 0) is 25.5 Å². The highest BCUT2D eigenvalue weighted by Gasteiger charge is 2.15. The van der Waals surface area contributed by atoms with Crippen LogP contribution in [-0.4, -0.2) is 28.0 Å². The number of carboxylic acid groups (broad SMARTS) is 1. The minimum Gasteiger partial charge on any atom is -0.481 e. The van der Waals surface area contributed by atoms with Gasteiger partial charge in [0.15, 0.2) is 0 Å². The van der Waals surface area contributed by atoms with E-state index in [9.17, 15) is 9.59 Å². The van der Waals surface area contributed by atoms with E-state index in [-0.39, 0.29) is 23.5 Å². The lowest BCUT2D eigenvalue weighted by atomic mass is 10.1. The maximum atomic E-state index is 11.9. The van der Waals surface area contributed by atoms with Gasteiger partial charge in [-0.3, -0.25) is 9.59 Å². The minimum absolute atomic E-state index is 0.0972. The van der Waals surface area contributed by atoms with Crippen LogP contribution in [0.15, 0.2) is 12.1 Å². The summed E-state index contributed by atoms with van der Waals surface area (Å²) in [4.78, 5) is 26.5. The van der Waals surface area contributed by atoms with E-state index in [0.717, 1.165) is 0 Å². The van der Waals surface area contributed by atoms with Crippen molar-refractivity contribution in [2.75, 3.05) is 0 Å². The van der Waals surface area contributed by atoms with Crippen molar-refractivity contribution in [2.45, 2.75) is 32.7 Å². The van der Waals surface area contributed by atoms with Gasteiger partial charge in [0.05, 0.1) is 6.42 Å². The average molecular weight is 271 g/mol. The van der Waals surface area contributed by atoms with Crippen molar-refractivity contribution in [1.29, 1.82) is 0 Å². The smallest absolute Gasteiger partial charge is 0.305 e. The zero-order chi connectivity index (χ0) is 13.7. The third-order valence-electron chi connectivity index (χ3n) is 2.43. The van der Waals surface area contributed by atoms with Gasteiger partial charge < -0.3 is 10.4 Å². The van der Waals surface area contributed by atoms with Crippen LogP contribution in [0.3, 0.4) is 0 Å². The van der Waals surface area contributed by atoms with Crippen LogP contribution in [0.5, 0.6) is 0 Å². The Morgan fingerprint density at radius 3 is 2.67 bits per heavy atom. The molecule has 0 bridgehead atoms. The molecule has 0 aliphatic carbocycles. The largest absolute Gasteiger partial charge is 0.481 e. The number of halogens is 1. The number of amides is 1. The first kappa shape index (κ1) is 14.4. The number of carbonyl (C=O) groups excluding carboxylic acids is 1. The third kappa shape index (κ3) is 4.33. The number of aromatic nitrogens is 1. The maximum absolute atomic E-state index is 11.9. The molecule has 0 aliphatic rings. The van der Waals surface area contributed by atoms with Crippen LogP contribution in [-0.2, 0) is 4.79 Å². The number of nitrogens with one attached hydrogen (secondary N) is 1. The first-order valence-electron chi connectivity index (χ1n) is 5.59. The minimum atomic E-state index is -0.939. The Balaban J connectivity index is 2.77. The van der Waals surface area contributed by atoms with Gasteiger partial charge in [0.2, 0.25) is 0 Å². The summed E-state index contributed by atoms with van der Waals surface area (Å²) in [7, 11) is 0. The summed E-state index contributed by atoms with van der Waals surface area (Å²) in [5.74, 6) is -1.28. The molecule has 1 atom stereocenters. The molecule has 0 saturated heterocycles. The number of carboxylic acids is 1. The SMILES string of the molecule is CCC(CC(=O)O)NC(=O)c1cc(C)nc(Cl)c1. The van der Waals surface area contributed by atoms with E-state index in [1.165, 1.54) is 6.07 Å². The van der Waals surface area contributed by atoms with E-state index >= 15 is 0 Å². The molecule has 98 valence electrons. The van der Waals surface area contributed by atoms with Crippen LogP contribution in [0, 0.1) is 6.92 Å². The lowest BCUT2D eigenvalue weighted by Crippen LogP contribution is -2.36. The second kappa shape index (κ2) is 6.35. The average Bonchev–Trinajstić information content (AvgIpc) is 2.26. The molecule has 0 saturated carbocycles. The van der Waals surface area contributed by atoms with Crippen molar-refractivity contribution in [3.63, 3.8) is 0 Å². The van der Waals surface area contributed by atoms with E-state index in [0.29, 0.717) is 17.7 Å². The summed E-state index contributed by atoms with van der Waals surface area (Å²) >= 11 is 5.76. The Hall–Kier alpha value is -1.62. The fourth-order valence-electron chi connectivity index (χ4n) is 1.54. The molecule has 1 aromatic heterocycles. The summed E-state index contributed by atoms with van der Waals surface area (Å²) < 4.78 is 0. The molecule has 0 radical (unpaired) electrons. The summed E-state index contributed by atoms with van der Waals surface area (Å²) in [5, 5.41) is 11.6. The Bertz CT molecular complexity index is 442. The highest BCUT2D eigenvalue weighted by molar-refractivity contribution is 6.29. The van der Waals surface area contributed by atoms with Crippen LogP contribution < -0.4 is 5.32 Å². The standard InChI is InChI=1S/C12H15ClN2O3/c1-3-9(6-11(16)17)15-12(18)8-4-7(2)14-10(13)5-8/h4-5,9H,3,6H2,1-2H3,(H,15,18)(H,16,17). The fraction of sp³-hybridized carbons (Fsp3) is 0.417. The van der Waals surface area contributed by atoms with Gasteiger partial charge in [-0.25, -0.2) is 4.98 Å². The Morgan fingerprint density at radius 1 is 1.50 bits per heavy atom. The molecule has 1 rings (SSSR count). The van der Waals surface area contributed by atoms with Crippen LogP contribution in [0.1, 0.15) is 35.8 Å².